The van der Waals surface area contributed by atoms with Gasteiger partial charge in [0.15, 0.2) is 0 Å². The Morgan fingerprint density at radius 1 is 0.713 bits per heavy atom. The van der Waals surface area contributed by atoms with Crippen molar-refractivity contribution in [1.29, 1.82) is 0 Å². The smallest absolute Gasteiger partial charge is 0.410 e. The first kappa shape index (κ1) is 78.5. The van der Waals surface area contributed by atoms with Crippen LogP contribution in [0.3, 0.4) is 0 Å². The molecular formula is C68H105N11O15. The summed E-state index contributed by atoms with van der Waals surface area (Å²) >= 11 is 0. The number of aliphatic hydroxyl groups is 1. The number of rotatable bonds is 38. The quantitative estimate of drug-likeness (QED) is 0.0321. The number of carbonyl (C=O) groups excluding carboxylic acids is 11. The molecule has 94 heavy (non-hydrogen) atoms. The monoisotopic (exact) mass is 1320 g/mol. The van der Waals surface area contributed by atoms with Gasteiger partial charge in [-0.25, -0.2) is 9.59 Å². The second kappa shape index (κ2) is 38.4. The van der Waals surface area contributed by atoms with E-state index in [4.69, 9.17) is 19.9 Å². The third-order valence-electron chi connectivity index (χ3n) is 17.7. The van der Waals surface area contributed by atoms with E-state index in [9.17, 15) is 57.8 Å². The topological polar surface area (TPSA) is 347 Å². The Labute approximate surface area is 554 Å². The summed E-state index contributed by atoms with van der Waals surface area (Å²) in [5.41, 5.74) is 6.77. The number of carbonyl (C=O) groups is 11. The van der Waals surface area contributed by atoms with Crippen LogP contribution in [0, 0.1) is 29.6 Å². The van der Waals surface area contributed by atoms with Gasteiger partial charge in [-0.2, -0.15) is 0 Å². The van der Waals surface area contributed by atoms with E-state index in [2.05, 4.69) is 31.9 Å². The summed E-state index contributed by atoms with van der Waals surface area (Å²) < 4.78 is 17.7. The fourth-order valence-corrected chi connectivity index (χ4v) is 12.1. The van der Waals surface area contributed by atoms with Gasteiger partial charge in [0.2, 0.25) is 41.4 Å². The highest BCUT2D eigenvalue weighted by Crippen LogP contribution is 2.31. The van der Waals surface area contributed by atoms with Crippen molar-refractivity contribution in [2.24, 2.45) is 35.3 Å². The molecule has 0 saturated carbocycles. The molecule has 2 aromatic carbocycles. The van der Waals surface area contributed by atoms with E-state index in [1.165, 1.54) is 38.3 Å². The van der Waals surface area contributed by atoms with Crippen molar-refractivity contribution in [2.75, 3.05) is 53.3 Å². The molecule has 0 aliphatic carbocycles. The Bertz CT molecular complexity index is 2880. The van der Waals surface area contributed by atoms with Gasteiger partial charge in [-0.1, -0.05) is 118 Å². The van der Waals surface area contributed by atoms with Crippen LogP contribution in [0.5, 0.6) is 0 Å². The number of urea groups is 1. The van der Waals surface area contributed by atoms with Crippen LogP contribution < -0.4 is 37.6 Å². The van der Waals surface area contributed by atoms with E-state index in [0.29, 0.717) is 61.9 Å². The van der Waals surface area contributed by atoms with E-state index in [-0.39, 0.29) is 86.8 Å². The predicted octanol–water partition coefficient (Wildman–Crippen LogP) is 5.08. The lowest BCUT2D eigenvalue weighted by atomic mass is 9.89. The van der Waals surface area contributed by atoms with Gasteiger partial charge in [0.05, 0.1) is 48.8 Å². The molecule has 4 rings (SSSR count). The van der Waals surface area contributed by atoms with Crippen LogP contribution in [0.15, 0.2) is 66.7 Å². The number of imide groups is 1. The van der Waals surface area contributed by atoms with Crippen molar-refractivity contribution in [2.45, 2.75) is 201 Å². The Kier molecular flexibility index (Phi) is 32.1. The molecular weight excluding hydrogens is 1210 g/mol. The summed E-state index contributed by atoms with van der Waals surface area (Å²) in [6.45, 7) is 18.6. The molecule has 2 aliphatic rings. The van der Waals surface area contributed by atoms with E-state index < -0.39 is 114 Å². The third-order valence-corrected chi connectivity index (χ3v) is 17.7. The number of aliphatic hydroxyl groups excluding tert-OH is 1. The molecule has 1 fully saturated rings. The van der Waals surface area contributed by atoms with Crippen molar-refractivity contribution >= 4 is 71.0 Å². The Balaban J connectivity index is 1.37. The van der Waals surface area contributed by atoms with Crippen LogP contribution in [0.2, 0.25) is 0 Å². The fourth-order valence-electron chi connectivity index (χ4n) is 12.1. The zero-order valence-corrected chi connectivity index (χ0v) is 57.4. The van der Waals surface area contributed by atoms with Crippen molar-refractivity contribution in [3.05, 3.63) is 77.9 Å². The van der Waals surface area contributed by atoms with Gasteiger partial charge in [-0.15, -0.1) is 0 Å². The largest absolute Gasteiger partial charge is 0.445 e. The molecule has 522 valence electrons. The summed E-state index contributed by atoms with van der Waals surface area (Å²) in [6, 6.07) is 8.74. The summed E-state index contributed by atoms with van der Waals surface area (Å²) in [5.74, 6) is -6.02. The number of methoxy groups -OCH3 is 2. The number of unbranched alkanes of at least 4 members (excludes halogenated alkanes) is 2. The van der Waals surface area contributed by atoms with Crippen LogP contribution in [-0.4, -0.2) is 192 Å². The van der Waals surface area contributed by atoms with Crippen molar-refractivity contribution in [3.8, 4) is 0 Å². The minimum atomic E-state index is -1.11. The number of hydrogen-bond acceptors (Lipinski definition) is 15. The number of hydrogen-bond donors (Lipinski definition) is 8. The molecule has 2 heterocycles. The molecule has 0 radical (unpaired) electrons. The minimum absolute atomic E-state index is 0.0841. The minimum Gasteiger partial charge on any atom is -0.445 e. The molecule has 12 amide bonds. The average molecular weight is 1320 g/mol. The molecule has 0 spiro atoms. The number of primary amides is 1. The van der Waals surface area contributed by atoms with Gasteiger partial charge >= 0.3 is 12.1 Å². The first-order valence-corrected chi connectivity index (χ1v) is 32.9. The molecule has 1 saturated heterocycles. The SMILES string of the molecule is CC[C@H](C)[C@@H]([C@@H](CC(=O)N1CCC[C@H]1C(OC)[C@@H](C)C(=O)N[C@H](C)[C@@H](O)c1ccccc1)OC)N(C)C(=O)[C@@H](NC(=O)[C@H](C(C)C)N(C)C(=O)OCc1ccc(NC(=O)[C@H](CCCNC(N)=O)NC(=O)[C@@H](NC(=O)CCCCCN2C(=O)C=CC2=O)C(C)C)cc1)C(C)C. The summed E-state index contributed by atoms with van der Waals surface area (Å²) in [7, 11) is 6.08. The highest BCUT2D eigenvalue weighted by atomic mass is 16.6. The molecule has 1 unspecified atom stereocenters. The Hall–Kier alpha value is -7.97. The second-order valence-electron chi connectivity index (χ2n) is 25.8. The predicted molar refractivity (Wildman–Crippen MR) is 353 cm³/mol. The van der Waals surface area contributed by atoms with E-state index >= 15 is 0 Å². The van der Waals surface area contributed by atoms with Crippen LogP contribution in [0.4, 0.5) is 15.3 Å². The molecule has 2 aliphatic heterocycles. The second-order valence-corrected chi connectivity index (χ2v) is 25.8. The Morgan fingerprint density at radius 3 is 1.93 bits per heavy atom. The summed E-state index contributed by atoms with van der Waals surface area (Å²) in [4.78, 5) is 152. The van der Waals surface area contributed by atoms with Crippen LogP contribution in [-0.2, 0) is 64.0 Å². The molecule has 12 atom stereocenters. The summed E-state index contributed by atoms with van der Waals surface area (Å²) in [5, 5.41) is 27.6. The maximum atomic E-state index is 14.8. The van der Waals surface area contributed by atoms with Crippen molar-refractivity contribution < 1.29 is 72.1 Å². The normalized spacial score (nSPS) is 17.4. The van der Waals surface area contributed by atoms with Crippen LogP contribution >= 0.6 is 0 Å². The van der Waals surface area contributed by atoms with Gasteiger partial charge in [0.25, 0.3) is 11.8 Å². The number of nitrogens with two attached hydrogens (primary N) is 1. The highest BCUT2D eigenvalue weighted by molar-refractivity contribution is 6.12. The number of amides is 12. The summed E-state index contributed by atoms with van der Waals surface area (Å²) in [6.07, 6.45) is 2.94. The first-order valence-electron chi connectivity index (χ1n) is 32.9. The third kappa shape index (κ3) is 22.9. The number of benzene rings is 2. The molecule has 0 aromatic heterocycles. The maximum Gasteiger partial charge on any atom is 0.410 e. The van der Waals surface area contributed by atoms with Crippen LogP contribution in [0.25, 0.3) is 0 Å². The fraction of sp³-hybridized carbons (Fsp3) is 0.632. The molecule has 0 bridgehead atoms. The van der Waals surface area contributed by atoms with Gasteiger partial charge in [0, 0.05) is 72.2 Å². The van der Waals surface area contributed by atoms with Gasteiger partial charge < -0.3 is 66.8 Å². The highest BCUT2D eigenvalue weighted by Gasteiger charge is 2.44. The lowest BCUT2D eigenvalue weighted by Crippen LogP contribution is -2.60. The van der Waals surface area contributed by atoms with Crippen LogP contribution in [0.1, 0.15) is 151 Å². The lowest BCUT2D eigenvalue weighted by Gasteiger charge is -2.41. The van der Waals surface area contributed by atoms with Crippen molar-refractivity contribution in [1.82, 2.24) is 46.2 Å². The standard InChI is InChI=1S/C68H105N11O15/c1-15-43(8)59(51(92-13)38-55(83)78-37-23-27-50(78)61(93-14)44(9)62(85)71-45(10)60(84)47-24-18-16-19-25-47)76(11)66(89)57(41(4)5)75-65(88)58(42(6)7)77(12)68(91)94-39-46-29-31-48(32-30-46)72-63(86)49(26-22-35-70-67(69)90)73-64(87)56(40(2)3)74-52(80)28-20-17-21-36-79-53(81)33-34-54(79)82/h16,18-19,24-25,29-34,40-45,49-51,56-61,84H,15,17,20-23,26-28,35-39H2,1-14H3,(H,71,85)(H,72,86)(H,73,87)(H,74,80)(H,75,88)(H3,69,70,90)/t43-,44+,45+,49-,50-,51+,56-,57-,58-,59-,60+,61?/m0/s1. The zero-order chi connectivity index (χ0) is 70.1. The number of nitrogens with one attached hydrogen (secondary N) is 6. The molecule has 26 nitrogen and oxygen atoms in total. The lowest BCUT2D eigenvalue weighted by molar-refractivity contribution is -0.148. The van der Waals surface area contributed by atoms with Crippen molar-refractivity contribution in [3.63, 3.8) is 0 Å². The van der Waals surface area contributed by atoms with Gasteiger partial charge in [-0.05, 0) is 92.4 Å². The zero-order valence-electron chi connectivity index (χ0n) is 57.4. The average Bonchev–Trinajstić information content (AvgIpc) is 1.33. The van der Waals surface area contributed by atoms with E-state index in [0.717, 1.165) is 4.90 Å². The maximum absolute atomic E-state index is 14.8. The number of likely N-dealkylation sites (tertiary alicyclic amines) is 1. The van der Waals surface area contributed by atoms with Gasteiger partial charge in [-0.3, -0.25) is 53.0 Å². The Morgan fingerprint density at radius 2 is 1.35 bits per heavy atom. The molecule has 26 heteroatoms. The van der Waals surface area contributed by atoms with Gasteiger partial charge in [0.1, 0.15) is 30.8 Å². The van der Waals surface area contributed by atoms with E-state index in [1.54, 1.807) is 109 Å². The number of ether oxygens (including phenoxy) is 3. The molecule has 9 N–H and O–H groups in total. The molecule has 2 aromatic rings. The number of likely N-dealkylation sites (N-methyl/N-ethyl adjacent to an activating group) is 2. The first-order chi connectivity index (χ1) is 44.5. The number of nitrogens with zero attached hydrogens (tertiary/aromatic N) is 4. The number of anilines is 1. The van der Waals surface area contributed by atoms with E-state index in [1.807, 2.05) is 32.0 Å².